The van der Waals surface area contributed by atoms with Crippen LogP contribution in [0, 0.1) is 0 Å². The van der Waals surface area contributed by atoms with E-state index in [0.717, 1.165) is 0 Å². The molecule has 0 aromatic heterocycles. The predicted octanol–water partition coefficient (Wildman–Crippen LogP) is 3.63. The number of nitrogens with two attached hydrogens (primary N) is 1. The van der Waals surface area contributed by atoms with Crippen LogP contribution in [0.25, 0.3) is 0 Å². The van der Waals surface area contributed by atoms with Gasteiger partial charge in [-0.3, -0.25) is 4.03 Å². The molecule has 1 unspecified atom stereocenters. The average molecular weight is 359 g/mol. The maximum atomic E-state index is 13.2. The molecule has 0 radical (unpaired) electrons. The Morgan fingerprint density at radius 2 is 1.74 bits per heavy atom. The normalized spacial score (nSPS) is 15.9. The standard InChI is InChI=1S/C16H30N2O3SSi/c1-15(2,3)23(7,8)18-22(17,20)14-11-12(16(4,5)19)9-10-13(14)21-6/h9-11,19H,1-8H3,(H2,17,18,20). The van der Waals surface area contributed by atoms with Crippen molar-refractivity contribution in [3.8, 4) is 5.75 Å². The van der Waals surface area contributed by atoms with Crippen molar-refractivity contribution in [2.75, 3.05) is 7.11 Å². The fourth-order valence-electron chi connectivity index (χ4n) is 1.81. The van der Waals surface area contributed by atoms with Crippen LogP contribution in [0.2, 0.25) is 18.1 Å². The Bertz CT molecular complexity index is 694. The van der Waals surface area contributed by atoms with E-state index in [4.69, 9.17) is 9.88 Å². The molecule has 0 saturated carbocycles. The topological polar surface area (TPSA) is 84.9 Å². The van der Waals surface area contributed by atoms with Gasteiger partial charge in [0.15, 0.2) is 8.24 Å². The van der Waals surface area contributed by atoms with Crippen molar-refractivity contribution in [3.63, 3.8) is 0 Å². The van der Waals surface area contributed by atoms with E-state index in [1.165, 1.54) is 7.11 Å². The number of hydrogen-bond donors (Lipinski definition) is 2. The summed E-state index contributed by atoms with van der Waals surface area (Å²) >= 11 is 0. The Labute approximate surface area is 141 Å². The summed E-state index contributed by atoms with van der Waals surface area (Å²) in [5.74, 6) is 0.424. The molecule has 1 aromatic rings. The van der Waals surface area contributed by atoms with Gasteiger partial charge >= 0.3 is 0 Å². The second kappa shape index (κ2) is 6.20. The molecule has 1 rings (SSSR count). The number of nitrogens with zero attached hydrogens (tertiary/aromatic N) is 1. The molecular formula is C16H30N2O3SSi. The molecule has 0 bridgehead atoms. The summed E-state index contributed by atoms with van der Waals surface area (Å²) in [4.78, 5) is 0.337. The second-order valence-corrected chi connectivity index (χ2v) is 14.8. The summed E-state index contributed by atoms with van der Waals surface area (Å²) in [5, 5.41) is 16.3. The lowest BCUT2D eigenvalue weighted by Crippen LogP contribution is -2.37. The van der Waals surface area contributed by atoms with Gasteiger partial charge in [0.05, 0.1) is 12.7 Å². The molecule has 3 N–H and O–H groups in total. The zero-order valence-electron chi connectivity index (χ0n) is 15.4. The minimum absolute atomic E-state index is 0.0733. The first-order valence-corrected chi connectivity index (χ1v) is 12.1. The summed E-state index contributed by atoms with van der Waals surface area (Å²) in [6, 6.07) is 5.05. The summed E-state index contributed by atoms with van der Waals surface area (Å²) in [7, 11) is -3.84. The maximum absolute atomic E-state index is 13.2. The van der Waals surface area contributed by atoms with Crippen molar-refractivity contribution in [2.45, 2.75) is 63.2 Å². The first-order chi connectivity index (χ1) is 10.1. The van der Waals surface area contributed by atoms with Crippen LogP contribution < -0.4 is 9.88 Å². The highest BCUT2D eigenvalue weighted by Gasteiger charge is 2.37. The minimum atomic E-state index is -3.13. The third kappa shape index (κ3) is 4.56. The van der Waals surface area contributed by atoms with Gasteiger partial charge in [-0.05, 0) is 49.7 Å². The fraction of sp³-hybridized carbons (Fsp3) is 0.625. The van der Waals surface area contributed by atoms with Crippen molar-refractivity contribution in [1.82, 2.24) is 0 Å². The zero-order chi connectivity index (χ0) is 18.3. The van der Waals surface area contributed by atoms with Gasteiger partial charge in [0.1, 0.15) is 20.6 Å². The van der Waals surface area contributed by atoms with Gasteiger partial charge in [-0.15, -0.1) is 0 Å². The second-order valence-electron chi connectivity index (χ2n) is 7.89. The Morgan fingerprint density at radius 3 is 2.13 bits per heavy atom. The maximum Gasteiger partial charge on any atom is 0.195 e. The summed E-state index contributed by atoms with van der Waals surface area (Å²) in [6.45, 7) is 13.7. The van der Waals surface area contributed by atoms with Crippen LogP contribution in [0.3, 0.4) is 0 Å². The van der Waals surface area contributed by atoms with Gasteiger partial charge in [0.2, 0.25) is 0 Å². The van der Waals surface area contributed by atoms with E-state index in [1.807, 2.05) is 13.1 Å². The molecular weight excluding hydrogens is 328 g/mol. The van der Waals surface area contributed by atoms with E-state index in [0.29, 0.717) is 16.2 Å². The molecule has 23 heavy (non-hydrogen) atoms. The van der Waals surface area contributed by atoms with Crippen LogP contribution in [-0.4, -0.2) is 24.7 Å². The Kier molecular flexibility index (Phi) is 5.43. The van der Waals surface area contributed by atoms with Crippen molar-refractivity contribution < 1.29 is 14.1 Å². The van der Waals surface area contributed by atoms with Crippen molar-refractivity contribution >= 4 is 18.2 Å². The highest BCUT2D eigenvalue weighted by molar-refractivity contribution is 7.92. The molecule has 0 spiro atoms. The molecule has 0 saturated heterocycles. The summed E-state index contributed by atoms with van der Waals surface area (Å²) < 4.78 is 23.1. The average Bonchev–Trinajstić information content (AvgIpc) is 2.34. The van der Waals surface area contributed by atoms with E-state index >= 15 is 0 Å². The van der Waals surface area contributed by atoms with E-state index in [9.17, 15) is 9.32 Å². The van der Waals surface area contributed by atoms with E-state index in [-0.39, 0.29) is 5.04 Å². The van der Waals surface area contributed by atoms with Gasteiger partial charge in [-0.2, -0.15) is 0 Å². The van der Waals surface area contributed by atoms with Gasteiger partial charge in [0, 0.05) is 0 Å². The molecule has 5 nitrogen and oxygen atoms in total. The Morgan fingerprint density at radius 1 is 1.22 bits per heavy atom. The number of aliphatic hydroxyl groups is 1. The third-order valence-electron chi connectivity index (χ3n) is 4.38. The third-order valence-corrected chi connectivity index (χ3v) is 11.9. The predicted molar refractivity (Wildman–Crippen MR) is 98.5 cm³/mol. The lowest BCUT2D eigenvalue weighted by molar-refractivity contribution is 0.0783. The molecule has 0 aliphatic carbocycles. The van der Waals surface area contributed by atoms with Crippen molar-refractivity contribution in [1.29, 1.82) is 0 Å². The Balaban J connectivity index is 3.64. The molecule has 1 aromatic carbocycles. The molecule has 0 aliphatic rings. The largest absolute Gasteiger partial charge is 0.495 e. The van der Waals surface area contributed by atoms with Gasteiger partial charge in [0.25, 0.3) is 0 Å². The summed E-state index contributed by atoms with van der Waals surface area (Å²) in [6.07, 6.45) is 0. The monoisotopic (exact) mass is 358 g/mol. The molecule has 0 amide bonds. The van der Waals surface area contributed by atoms with E-state index in [2.05, 4.69) is 24.8 Å². The van der Waals surface area contributed by atoms with Crippen LogP contribution in [0.5, 0.6) is 5.75 Å². The Hall–Kier alpha value is -0.893. The van der Waals surface area contributed by atoms with E-state index < -0.39 is 23.8 Å². The number of ether oxygens (including phenoxy) is 1. The molecule has 7 heteroatoms. The molecule has 1 atom stereocenters. The van der Waals surface area contributed by atoms with Crippen molar-refractivity contribution in [3.05, 3.63) is 23.8 Å². The number of hydrogen-bond acceptors (Lipinski definition) is 4. The van der Waals surface area contributed by atoms with Crippen LogP contribution in [0.4, 0.5) is 0 Å². The molecule has 132 valence electrons. The number of methoxy groups -OCH3 is 1. The number of rotatable bonds is 4. The lowest BCUT2D eigenvalue weighted by Gasteiger charge is -2.33. The molecule has 0 aliphatic heterocycles. The highest BCUT2D eigenvalue weighted by atomic mass is 32.2. The van der Waals surface area contributed by atoms with E-state index in [1.54, 1.807) is 32.0 Å². The highest BCUT2D eigenvalue weighted by Crippen LogP contribution is 2.39. The van der Waals surface area contributed by atoms with Gasteiger partial charge in [-0.1, -0.05) is 26.8 Å². The van der Waals surface area contributed by atoms with Gasteiger partial charge < -0.3 is 9.84 Å². The SMILES string of the molecule is COc1ccc(C(C)(C)O)cc1S(N)(=O)=N[Si](C)(C)C(C)(C)C. The molecule has 0 fully saturated rings. The first-order valence-electron chi connectivity index (χ1n) is 7.59. The van der Waals surface area contributed by atoms with Crippen LogP contribution >= 0.6 is 0 Å². The smallest absolute Gasteiger partial charge is 0.195 e. The fourth-order valence-corrected chi connectivity index (χ4v) is 6.75. The lowest BCUT2D eigenvalue weighted by atomic mass is 9.98. The molecule has 0 heterocycles. The van der Waals surface area contributed by atoms with Crippen LogP contribution in [0.15, 0.2) is 27.1 Å². The minimum Gasteiger partial charge on any atom is -0.495 e. The quantitative estimate of drug-likeness (QED) is 0.806. The first kappa shape index (κ1) is 20.2. The van der Waals surface area contributed by atoms with Crippen molar-refractivity contribution in [2.24, 2.45) is 9.17 Å². The van der Waals surface area contributed by atoms with Gasteiger partial charge in [-0.25, -0.2) is 9.35 Å². The zero-order valence-corrected chi connectivity index (χ0v) is 17.2. The summed E-state index contributed by atoms with van der Waals surface area (Å²) in [5.41, 5.74) is -0.440. The van der Waals surface area contributed by atoms with Crippen LogP contribution in [0.1, 0.15) is 40.2 Å². The van der Waals surface area contributed by atoms with Crippen LogP contribution in [-0.2, 0) is 15.5 Å². The number of benzene rings is 1.